The minimum Gasteiger partial charge on any atom is -0.342 e. The molecule has 1 aromatic rings. The second kappa shape index (κ2) is 6.73. The first-order chi connectivity index (χ1) is 10.9. The van der Waals surface area contributed by atoms with Crippen molar-refractivity contribution in [3.63, 3.8) is 0 Å². The van der Waals surface area contributed by atoms with Gasteiger partial charge < -0.3 is 10.2 Å². The molecule has 3 rings (SSSR count). The Labute approximate surface area is 145 Å². The average Bonchev–Trinajstić information content (AvgIpc) is 2.47. The van der Waals surface area contributed by atoms with Crippen LogP contribution in [0, 0.1) is 11.8 Å². The topological polar surface area (TPSA) is 49.4 Å². The van der Waals surface area contributed by atoms with Crippen molar-refractivity contribution in [2.45, 2.75) is 36.8 Å². The van der Waals surface area contributed by atoms with Crippen molar-refractivity contribution in [2.75, 3.05) is 18.4 Å². The summed E-state index contributed by atoms with van der Waals surface area (Å²) in [5.74, 6) is 1.02. The van der Waals surface area contributed by atoms with Crippen LogP contribution in [0.3, 0.4) is 0 Å². The lowest BCUT2D eigenvalue weighted by Crippen LogP contribution is -2.44. The van der Waals surface area contributed by atoms with E-state index in [0.29, 0.717) is 16.9 Å². The number of carbonyl (C=O) groups is 2. The lowest BCUT2D eigenvalue weighted by Gasteiger charge is -2.36. The standard InChI is InChI=1S/C17H21ClN2O2S/c1-10-5-11(2)9-20(8-10)16(21)7-15-17(22)19-13-6-12(18)3-4-14(13)23-15/h3-4,6,10-11,15H,5,7-9H2,1-2H3,(H,19,22)/t10-,11-,15-/m1/s1. The van der Waals surface area contributed by atoms with Crippen molar-refractivity contribution < 1.29 is 9.59 Å². The molecule has 0 aromatic heterocycles. The third-order valence-corrected chi connectivity index (χ3v) is 5.85. The molecule has 1 saturated heterocycles. The Morgan fingerprint density at radius 1 is 1.35 bits per heavy atom. The van der Waals surface area contributed by atoms with E-state index in [1.165, 1.54) is 11.8 Å². The highest BCUT2D eigenvalue weighted by molar-refractivity contribution is 8.01. The lowest BCUT2D eigenvalue weighted by atomic mass is 9.91. The number of thioether (sulfide) groups is 1. The molecule has 0 bridgehead atoms. The molecule has 0 radical (unpaired) electrons. The molecule has 2 aliphatic rings. The summed E-state index contributed by atoms with van der Waals surface area (Å²) in [7, 11) is 0. The summed E-state index contributed by atoms with van der Waals surface area (Å²) in [4.78, 5) is 27.7. The number of hydrogen-bond donors (Lipinski definition) is 1. The van der Waals surface area contributed by atoms with E-state index in [-0.39, 0.29) is 23.5 Å². The second-order valence-electron chi connectivity index (χ2n) is 6.69. The van der Waals surface area contributed by atoms with Crippen LogP contribution in [0.2, 0.25) is 5.02 Å². The maximum Gasteiger partial charge on any atom is 0.238 e. The molecule has 4 nitrogen and oxygen atoms in total. The smallest absolute Gasteiger partial charge is 0.238 e. The quantitative estimate of drug-likeness (QED) is 0.883. The van der Waals surface area contributed by atoms with Crippen LogP contribution in [0.4, 0.5) is 5.69 Å². The van der Waals surface area contributed by atoms with Crippen molar-refractivity contribution in [2.24, 2.45) is 11.8 Å². The summed E-state index contributed by atoms with van der Waals surface area (Å²) < 4.78 is 0. The van der Waals surface area contributed by atoms with E-state index in [1.807, 2.05) is 11.0 Å². The van der Waals surface area contributed by atoms with Gasteiger partial charge in [-0.3, -0.25) is 9.59 Å². The first-order valence-corrected chi connectivity index (χ1v) is 9.23. The molecule has 1 N–H and O–H groups in total. The Morgan fingerprint density at radius 2 is 2.04 bits per heavy atom. The monoisotopic (exact) mass is 352 g/mol. The minimum atomic E-state index is -0.372. The maximum atomic E-state index is 12.6. The van der Waals surface area contributed by atoms with Gasteiger partial charge >= 0.3 is 0 Å². The van der Waals surface area contributed by atoms with Crippen molar-refractivity contribution in [1.82, 2.24) is 4.90 Å². The van der Waals surface area contributed by atoms with Crippen LogP contribution in [-0.4, -0.2) is 35.1 Å². The highest BCUT2D eigenvalue weighted by Crippen LogP contribution is 2.38. The van der Waals surface area contributed by atoms with Crippen LogP contribution in [-0.2, 0) is 9.59 Å². The summed E-state index contributed by atoms with van der Waals surface area (Å²) >= 11 is 7.40. The van der Waals surface area contributed by atoms with E-state index in [2.05, 4.69) is 19.2 Å². The number of likely N-dealkylation sites (tertiary alicyclic amines) is 1. The zero-order chi connectivity index (χ0) is 16.6. The van der Waals surface area contributed by atoms with Gasteiger partial charge in [0.05, 0.1) is 10.9 Å². The molecule has 0 saturated carbocycles. The van der Waals surface area contributed by atoms with Gasteiger partial charge in [-0.25, -0.2) is 0 Å². The van der Waals surface area contributed by atoms with Crippen LogP contribution in [0.15, 0.2) is 23.1 Å². The summed E-state index contributed by atoms with van der Waals surface area (Å²) in [6.45, 7) is 5.96. The van der Waals surface area contributed by atoms with Gasteiger partial charge in [0.1, 0.15) is 0 Å². The summed E-state index contributed by atoms with van der Waals surface area (Å²) in [5, 5.41) is 3.08. The molecule has 3 atom stereocenters. The molecule has 124 valence electrons. The number of amides is 2. The number of benzene rings is 1. The number of hydrogen-bond acceptors (Lipinski definition) is 3. The fourth-order valence-corrected chi connectivity index (χ4v) is 4.67. The highest BCUT2D eigenvalue weighted by atomic mass is 35.5. The highest BCUT2D eigenvalue weighted by Gasteiger charge is 2.32. The van der Waals surface area contributed by atoms with E-state index in [9.17, 15) is 9.59 Å². The average molecular weight is 353 g/mol. The fourth-order valence-electron chi connectivity index (χ4n) is 3.41. The Hall–Kier alpha value is -1.20. The molecular formula is C17H21ClN2O2S. The van der Waals surface area contributed by atoms with Crippen LogP contribution >= 0.6 is 23.4 Å². The zero-order valence-corrected chi connectivity index (χ0v) is 14.9. The zero-order valence-electron chi connectivity index (χ0n) is 13.3. The third-order valence-electron chi connectivity index (χ3n) is 4.34. The number of halogens is 1. The van der Waals surface area contributed by atoms with Crippen LogP contribution in [0.1, 0.15) is 26.7 Å². The summed E-state index contributed by atoms with van der Waals surface area (Å²) in [6, 6.07) is 5.44. The van der Waals surface area contributed by atoms with Crippen molar-refractivity contribution in [3.05, 3.63) is 23.2 Å². The Balaban J connectivity index is 1.67. The molecule has 2 heterocycles. The molecule has 23 heavy (non-hydrogen) atoms. The summed E-state index contributed by atoms with van der Waals surface area (Å²) in [6.07, 6.45) is 1.41. The lowest BCUT2D eigenvalue weighted by molar-refractivity contribution is -0.135. The Bertz CT molecular complexity index is 627. The van der Waals surface area contributed by atoms with Gasteiger partial charge in [-0.2, -0.15) is 0 Å². The SMILES string of the molecule is C[C@@H]1C[C@@H](C)CN(C(=O)C[C@H]2Sc3ccc(Cl)cc3NC2=O)C1. The van der Waals surface area contributed by atoms with Crippen LogP contribution < -0.4 is 5.32 Å². The number of carbonyl (C=O) groups excluding carboxylic acids is 2. The minimum absolute atomic E-state index is 0.0773. The first kappa shape index (κ1) is 16.7. The molecule has 2 amide bonds. The Kier molecular flexibility index (Phi) is 4.87. The molecular weight excluding hydrogens is 332 g/mol. The molecule has 0 aliphatic carbocycles. The van der Waals surface area contributed by atoms with Gasteiger partial charge in [-0.05, 0) is 36.5 Å². The first-order valence-electron chi connectivity index (χ1n) is 7.97. The fraction of sp³-hybridized carbons (Fsp3) is 0.529. The molecule has 1 fully saturated rings. The van der Waals surface area contributed by atoms with E-state index >= 15 is 0 Å². The van der Waals surface area contributed by atoms with Crippen molar-refractivity contribution >= 4 is 40.9 Å². The van der Waals surface area contributed by atoms with Crippen LogP contribution in [0.25, 0.3) is 0 Å². The number of anilines is 1. The molecule has 0 spiro atoms. The van der Waals surface area contributed by atoms with Crippen molar-refractivity contribution in [3.8, 4) is 0 Å². The van der Waals surface area contributed by atoms with Crippen molar-refractivity contribution in [1.29, 1.82) is 0 Å². The van der Waals surface area contributed by atoms with E-state index < -0.39 is 0 Å². The normalized spacial score (nSPS) is 27.3. The van der Waals surface area contributed by atoms with Gasteiger partial charge in [0, 0.05) is 29.4 Å². The third kappa shape index (κ3) is 3.83. The Morgan fingerprint density at radius 3 is 2.74 bits per heavy atom. The van der Waals surface area contributed by atoms with Crippen LogP contribution in [0.5, 0.6) is 0 Å². The molecule has 6 heteroatoms. The molecule has 1 aromatic carbocycles. The van der Waals surface area contributed by atoms with Gasteiger partial charge in [0.2, 0.25) is 11.8 Å². The largest absolute Gasteiger partial charge is 0.342 e. The van der Waals surface area contributed by atoms with Gasteiger partial charge in [0.15, 0.2) is 0 Å². The van der Waals surface area contributed by atoms with Gasteiger partial charge in [-0.15, -0.1) is 11.8 Å². The number of piperidine rings is 1. The van der Waals surface area contributed by atoms with Gasteiger partial charge in [0.25, 0.3) is 0 Å². The number of nitrogens with zero attached hydrogens (tertiary/aromatic N) is 1. The molecule has 2 aliphatic heterocycles. The number of fused-ring (bicyclic) bond motifs is 1. The maximum absolute atomic E-state index is 12.6. The second-order valence-corrected chi connectivity index (χ2v) is 8.37. The van der Waals surface area contributed by atoms with E-state index in [0.717, 1.165) is 30.1 Å². The predicted molar refractivity (Wildman–Crippen MR) is 93.9 cm³/mol. The summed E-state index contributed by atoms with van der Waals surface area (Å²) in [5.41, 5.74) is 0.733. The van der Waals surface area contributed by atoms with Gasteiger partial charge in [-0.1, -0.05) is 25.4 Å². The van der Waals surface area contributed by atoms with E-state index in [1.54, 1.807) is 12.1 Å². The number of rotatable bonds is 2. The van der Waals surface area contributed by atoms with E-state index in [4.69, 9.17) is 11.6 Å². The predicted octanol–water partition coefficient (Wildman–Crippen LogP) is 3.65. The number of nitrogens with one attached hydrogen (secondary N) is 1. The molecule has 0 unspecified atom stereocenters.